The van der Waals surface area contributed by atoms with Crippen molar-refractivity contribution in [3.63, 3.8) is 0 Å². The molecule has 0 aromatic heterocycles. The number of hydrogen-bond donors (Lipinski definition) is 2. The summed E-state index contributed by atoms with van der Waals surface area (Å²) in [4.78, 5) is 0. The molecule has 1 unspecified atom stereocenters. The van der Waals surface area contributed by atoms with E-state index in [0.29, 0.717) is 33.0 Å². The van der Waals surface area contributed by atoms with Crippen LogP contribution in [0.3, 0.4) is 0 Å². The Morgan fingerprint density at radius 1 is 1.33 bits per heavy atom. The number of nitrogens with two attached hydrogens (primary N) is 1. The lowest BCUT2D eigenvalue weighted by atomic mass is 10.4. The van der Waals surface area contributed by atoms with Crippen LogP contribution in [0.4, 0.5) is 0 Å². The molecule has 0 saturated carbocycles. The van der Waals surface area contributed by atoms with Crippen molar-refractivity contribution in [1.29, 1.82) is 0 Å². The van der Waals surface area contributed by atoms with Crippen LogP contribution in [0.1, 0.15) is 13.3 Å². The molecule has 0 aliphatic rings. The maximum absolute atomic E-state index is 9.20. The molecule has 0 fully saturated rings. The Morgan fingerprint density at radius 3 is 2.58 bits per heavy atom. The zero-order valence-electron chi connectivity index (χ0n) is 7.66. The zero-order chi connectivity index (χ0) is 9.23. The van der Waals surface area contributed by atoms with E-state index in [1.54, 1.807) is 0 Å². The topological polar surface area (TPSA) is 64.7 Å². The average molecular weight is 177 g/mol. The van der Waals surface area contributed by atoms with Gasteiger partial charge in [-0.15, -0.1) is 0 Å². The Bertz CT molecular complexity index is 90.4. The van der Waals surface area contributed by atoms with E-state index in [9.17, 15) is 5.11 Å². The molecule has 0 aliphatic carbocycles. The second-order valence-electron chi connectivity index (χ2n) is 2.53. The molecule has 0 aliphatic heterocycles. The number of ether oxygens (including phenoxy) is 2. The van der Waals surface area contributed by atoms with E-state index in [2.05, 4.69) is 0 Å². The third kappa shape index (κ3) is 7.94. The Hall–Kier alpha value is -0.160. The van der Waals surface area contributed by atoms with Gasteiger partial charge in [0.2, 0.25) is 0 Å². The molecule has 0 spiro atoms. The SMILES string of the molecule is CCOCC(O)COCCCN. The fourth-order valence-electron chi connectivity index (χ4n) is 0.707. The van der Waals surface area contributed by atoms with Crippen LogP contribution in [0.2, 0.25) is 0 Å². The summed E-state index contributed by atoms with van der Waals surface area (Å²) >= 11 is 0. The smallest absolute Gasteiger partial charge is 0.101 e. The van der Waals surface area contributed by atoms with Crippen LogP contribution in [-0.4, -0.2) is 44.2 Å². The van der Waals surface area contributed by atoms with Crippen LogP contribution in [0.5, 0.6) is 0 Å². The maximum atomic E-state index is 9.20. The first-order chi connectivity index (χ1) is 5.81. The Morgan fingerprint density at radius 2 is 2.00 bits per heavy atom. The minimum Gasteiger partial charge on any atom is -0.388 e. The zero-order valence-corrected chi connectivity index (χ0v) is 7.66. The van der Waals surface area contributed by atoms with Gasteiger partial charge in [-0.25, -0.2) is 0 Å². The molecule has 0 aromatic carbocycles. The van der Waals surface area contributed by atoms with E-state index >= 15 is 0 Å². The molecule has 0 radical (unpaired) electrons. The highest BCUT2D eigenvalue weighted by Crippen LogP contribution is 1.88. The molecule has 0 heterocycles. The molecule has 0 aromatic rings. The van der Waals surface area contributed by atoms with E-state index in [4.69, 9.17) is 15.2 Å². The lowest BCUT2D eigenvalue weighted by Crippen LogP contribution is -2.22. The summed E-state index contributed by atoms with van der Waals surface area (Å²) in [6, 6.07) is 0. The maximum Gasteiger partial charge on any atom is 0.101 e. The summed E-state index contributed by atoms with van der Waals surface area (Å²) in [6.07, 6.45) is 0.323. The van der Waals surface area contributed by atoms with Crippen molar-refractivity contribution in [2.45, 2.75) is 19.4 Å². The van der Waals surface area contributed by atoms with E-state index in [-0.39, 0.29) is 0 Å². The molecular weight excluding hydrogens is 158 g/mol. The minimum atomic E-state index is -0.511. The third-order valence-electron chi connectivity index (χ3n) is 1.32. The van der Waals surface area contributed by atoms with Gasteiger partial charge < -0.3 is 20.3 Å². The van der Waals surface area contributed by atoms with Crippen LogP contribution in [0, 0.1) is 0 Å². The van der Waals surface area contributed by atoms with Crippen molar-refractivity contribution < 1.29 is 14.6 Å². The van der Waals surface area contributed by atoms with Gasteiger partial charge in [0.15, 0.2) is 0 Å². The Labute approximate surface area is 73.7 Å². The summed E-state index contributed by atoms with van der Waals surface area (Å²) in [5, 5.41) is 9.20. The first-order valence-electron chi connectivity index (χ1n) is 4.34. The number of rotatable bonds is 8. The molecule has 4 heteroatoms. The summed E-state index contributed by atoms with van der Waals surface area (Å²) in [6.45, 7) is 4.43. The quantitative estimate of drug-likeness (QED) is 0.502. The molecular formula is C8H19NO3. The highest BCUT2D eigenvalue weighted by Gasteiger charge is 2.02. The summed E-state index contributed by atoms with van der Waals surface area (Å²) < 4.78 is 10.1. The summed E-state index contributed by atoms with van der Waals surface area (Å²) in [7, 11) is 0. The summed E-state index contributed by atoms with van der Waals surface area (Å²) in [5.74, 6) is 0. The minimum absolute atomic E-state index is 0.333. The molecule has 0 bridgehead atoms. The Kier molecular flexibility index (Phi) is 8.81. The number of aliphatic hydroxyl groups is 1. The molecule has 3 N–H and O–H groups in total. The molecule has 74 valence electrons. The van der Waals surface area contributed by atoms with Crippen LogP contribution < -0.4 is 5.73 Å². The third-order valence-corrected chi connectivity index (χ3v) is 1.32. The van der Waals surface area contributed by atoms with Gasteiger partial charge in [0.1, 0.15) is 6.10 Å². The van der Waals surface area contributed by atoms with Crippen molar-refractivity contribution in [3.8, 4) is 0 Å². The molecule has 12 heavy (non-hydrogen) atoms. The van der Waals surface area contributed by atoms with Gasteiger partial charge in [-0.05, 0) is 19.9 Å². The molecule has 0 saturated heterocycles. The van der Waals surface area contributed by atoms with Gasteiger partial charge in [0, 0.05) is 13.2 Å². The van der Waals surface area contributed by atoms with E-state index in [1.165, 1.54) is 0 Å². The number of hydrogen-bond acceptors (Lipinski definition) is 4. The second kappa shape index (κ2) is 8.93. The van der Waals surface area contributed by atoms with Gasteiger partial charge in [0.05, 0.1) is 13.2 Å². The first kappa shape index (κ1) is 11.8. The molecule has 0 rings (SSSR count). The highest BCUT2D eigenvalue weighted by molar-refractivity contribution is 4.50. The largest absolute Gasteiger partial charge is 0.388 e. The fraction of sp³-hybridized carbons (Fsp3) is 1.00. The van der Waals surface area contributed by atoms with Gasteiger partial charge >= 0.3 is 0 Å². The van der Waals surface area contributed by atoms with Crippen LogP contribution in [-0.2, 0) is 9.47 Å². The van der Waals surface area contributed by atoms with Crippen LogP contribution in [0.15, 0.2) is 0 Å². The van der Waals surface area contributed by atoms with Crippen molar-refractivity contribution in [1.82, 2.24) is 0 Å². The predicted octanol–water partition coefficient (Wildman–Crippen LogP) is -0.251. The normalized spacial score (nSPS) is 13.2. The van der Waals surface area contributed by atoms with Gasteiger partial charge in [0.25, 0.3) is 0 Å². The first-order valence-corrected chi connectivity index (χ1v) is 4.34. The monoisotopic (exact) mass is 177 g/mol. The van der Waals surface area contributed by atoms with Crippen LogP contribution in [0.25, 0.3) is 0 Å². The van der Waals surface area contributed by atoms with E-state index in [1.807, 2.05) is 6.92 Å². The predicted molar refractivity (Wildman–Crippen MR) is 47.0 cm³/mol. The lowest BCUT2D eigenvalue weighted by Gasteiger charge is -2.10. The highest BCUT2D eigenvalue weighted by atomic mass is 16.5. The molecule has 1 atom stereocenters. The fourth-order valence-corrected chi connectivity index (χ4v) is 0.707. The second-order valence-corrected chi connectivity index (χ2v) is 2.53. The lowest BCUT2D eigenvalue weighted by molar-refractivity contribution is -0.0161. The van der Waals surface area contributed by atoms with E-state index < -0.39 is 6.10 Å². The van der Waals surface area contributed by atoms with Crippen molar-refractivity contribution in [2.24, 2.45) is 5.73 Å². The molecule has 0 amide bonds. The van der Waals surface area contributed by atoms with Gasteiger partial charge in [-0.3, -0.25) is 0 Å². The van der Waals surface area contributed by atoms with Gasteiger partial charge in [-0.1, -0.05) is 0 Å². The average Bonchev–Trinajstić information content (AvgIpc) is 2.09. The van der Waals surface area contributed by atoms with Crippen molar-refractivity contribution >= 4 is 0 Å². The molecule has 4 nitrogen and oxygen atoms in total. The number of aliphatic hydroxyl groups excluding tert-OH is 1. The van der Waals surface area contributed by atoms with E-state index in [0.717, 1.165) is 6.42 Å². The van der Waals surface area contributed by atoms with Crippen LogP contribution >= 0.6 is 0 Å². The van der Waals surface area contributed by atoms with Gasteiger partial charge in [-0.2, -0.15) is 0 Å². The summed E-state index contributed by atoms with van der Waals surface area (Å²) in [5.41, 5.74) is 5.26. The standard InChI is InChI=1S/C8H19NO3/c1-2-11-6-8(10)7-12-5-3-4-9/h8,10H,2-7,9H2,1H3. The van der Waals surface area contributed by atoms with Crippen molar-refractivity contribution in [2.75, 3.05) is 33.0 Å². The Balaban J connectivity index is 3.02. The van der Waals surface area contributed by atoms with Crippen molar-refractivity contribution in [3.05, 3.63) is 0 Å².